The zero-order chi connectivity index (χ0) is 12.0. The Kier molecular flexibility index (Phi) is 6.10. The molecule has 0 spiro atoms. The number of unbranched alkanes of at least 4 members (excludes halogenated alkanes) is 1. The van der Waals surface area contributed by atoms with Crippen LogP contribution in [-0.2, 0) is 0 Å². The van der Waals surface area contributed by atoms with Gasteiger partial charge in [0.2, 0.25) is 0 Å². The quantitative estimate of drug-likeness (QED) is 0.551. The Hall–Kier alpha value is -0.310. The zero-order valence-electron chi connectivity index (χ0n) is 10.1. The summed E-state index contributed by atoms with van der Waals surface area (Å²) in [6.07, 6.45) is 5.34. The van der Waals surface area contributed by atoms with Crippen molar-refractivity contribution in [1.29, 1.82) is 0 Å². The first-order valence-electron chi connectivity index (χ1n) is 5.78. The van der Waals surface area contributed by atoms with Crippen molar-refractivity contribution in [3.8, 4) is 0 Å². The molecule has 1 rings (SSSR count). The fourth-order valence-corrected chi connectivity index (χ4v) is 3.16. The highest BCUT2D eigenvalue weighted by Crippen LogP contribution is 2.34. The van der Waals surface area contributed by atoms with Gasteiger partial charge in [-0.3, -0.25) is 0 Å². The van der Waals surface area contributed by atoms with Gasteiger partial charge in [-0.05, 0) is 43.7 Å². The highest BCUT2D eigenvalue weighted by Gasteiger charge is 2.16. The lowest BCUT2D eigenvalue weighted by atomic mass is 10.1. The summed E-state index contributed by atoms with van der Waals surface area (Å²) in [7, 11) is 0. The largest absolute Gasteiger partial charge is 0.309 e. The monoisotopic (exact) mass is 257 g/mol. The Labute approximate surface area is 108 Å². The Morgan fingerprint density at radius 1 is 1.62 bits per heavy atom. The van der Waals surface area contributed by atoms with Crippen LogP contribution >= 0.6 is 22.9 Å². The van der Waals surface area contributed by atoms with Crippen molar-refractivity contribution in [1.82, 2.24) is 5.32 Å². The lowest BCUT2D eigenvalue weighted by molar-refractivity contribution is 0.507. The van der Waals surface area contributed by atoms with Gasteiger partial charge in [-0.2, -0.15) is 0 Å². The smallest absolute Gasteiger partial charge is 0.0590 e. The highest BCUT2D eigenvalue weighted by molar-refractivity contribution is 7.10. The van der Waals surface area contributed by atoms with E-state index in [0.717, 1.165) is 30.8 Å². The molecule has 1 heterocycles. The van der Waals surface area contributed by atoms with E-state index in [1.54, 1.807) is 11.3 Å². The Morgan fingerprint density at radius 2 is 2.38 bits per heavy atom. The maximum Gasteiger partial charge on any atom is 0.0590 e. The molecule has 1 atom stereocenters. The summed E-state index contributed by atoms with van der Waals surface area (Å²) in [5.74, 6) is 0. The first kappa shape index (κ1) is 13.8. The number of allylic oxidation sites excluding steroid dienone is 1. The highest BCUT2D eigenvalue weighted by atomic mass is 35.5. The van der Waals surface area contributed by atoms with Crippen molar-refractivity contribution in [2.24, 2.45) is 0 Å². The summed E-state index contributed by atoms with van der Waals surface area (Å²) in [6, 6.07) is 0.399. The molecular formula is C13H20ClNS. The van der Waals surface area contributed by atoms with E-state index in [4.69, 9.17) is 11.6 Å². The average molecular weight is 258 g/mol. The third-order valence-corrected chi connectivity index (χ3v) is 4.42. The number of hydrogen-bond donors (Lipinski definition) is 1. The molecule has 0 bridgehead atoms. The zero-order valence-corrected chi connectivity index (χ0v) is 11.6. The molecule has 0 aromatic carbocycles. The van der Waals surface area contributed by atoms with Crippen LogP contribution in [0.15, 0.2) is 18.0 Å². The number of thiophene rings is 1. The molecule has 1 nitrogen and oxygen atoms in total. The van der Waals surface area contributed by atoms with Crippen LogP contribution in [0.1, 0.15) is 42.7 Å². The Balaban J connectivity index is 2.68. The minimum absolute atomic E-state index is 0.399. The normalized spacial score (nSPS) is 12.7. The van der Waals surface area contributed by atoms with Gasteiger partial charge in [-0.25, -0.2) is 0 Å². The van der Waals surface area contributed by atoms with Gasteiger partial charge < -0.3 is 5.32 Å². The van der Waals surface area contributed by atoms with Crippen LogP contribution in [0.4, 0.5) is 0 Å². The summed E-state index contributed by atoms with van der Waals surface area (Å²) < 4.78 is 0. The number of hydrogen-bond acceptors (Lipinski definition) is 2. The molecule has 0 amide bonds. The van der Waals surface area contributed by atoms with Crippen molar-refractivity contribution >= 4 is 22.9 Å². The van der Waals surface area contributed by atoms with Crippen molar-refractivity contribution in [2.45, 2.75) is 39.2 Å². The van der Waals surface area contributed by atoms with Crippen LogP contribution < -0.4 is 5.32 Å². The number of halogens is 1. The van der Waals surface area contributed by atoms with Crippen molar-refractivity contribution in [3.05, 3.63) is 33.5 Å². The predicted molar refractivity (Wildman–Crippen MR) is 74.5 cm³/mol. The van der Waals surface area contributed by atoms with E-state index in [1.807, 2.05) is 6.08 Å². The van der Waals surface area contributed by atoms with Crippen molar-refractivity contribution in [2.75, 3.05) is 6.54 Å². The van der Waals surface area contributed by atoms with E-state index in [0.29, 0.717) is 6.04 Å². The van der Waals surface area contributed by atoms with Gasteiger partial charge in [0.1, 0.15) is 0 Å². The number of rotatable bonds is 7. The predicted octanol–water partition coefficient (Wildman–Crippen LogP) is 4.72. The fraction of sp³-hybridized carbons (Fsp3) is 0.538. The molecule has 0 aliphatic heterocycles. The third kappa shape index (κ3) is 3.62. The summed E-state index contributed by atoms with van der Waals surface area (Å²) >= 11 is 8.06. The molecule has 0 radical (unpaired) electrons. The van der Waals surface area contributed by atoms with Gasteiger partial charge in [0.25, 0.3) is 0 Å². The summed E-state index contributed by atoms with van der Waals surface area (Å²) in [6.45, 7) is 8.93. The van der Waals surface area contributed by atoms with E-state index < -0.39 is 0 Å². The number of nitrogens with one attached hydrogen (secondary N) is 1. The lowest BCUT2D eigenvalue weighted by Crippen LogP contribution is -2.20. The summed E-state index contributed by atoms with van der Waals surface area (Å²) in [5.41, 5.74) is 1.19. The molecule has 1 N–H and O–H groups in total. The van der Waals surface area contributed by atoms with E-state index in [2.05, 4.69) is 31.1 Å². The Bertz CT molecular complexity index is 333. The molecule has 1 unspecified atom stereocenters. The van der Waals surface area contributed by atoms with Gasteiger partial charge in [0, 0.05) is 10.9 Å². The standard InChI is InChI=1S/C13H20ClNS/c1-4-6-7-8-11(15-5-2)13-12(14)10(3)9-16-13/h4,9,11,15H,1,5-8H2,2-3H3. The molecule has 0 saturated heterocycles. The van der Waals surface area contributed by atoms with Gasteiger partial charge >= 0.3 is 0 Å². The molecule has 1 aromatic heterocycles. The topological polar surface area (TPSA) is 12.0 Å². The third-order valence-electron chi connectivity index (χ3n) is 2.59. The molecule has 0 aliphatic carbocycles. The van der Waals surface area contributed by atoms with Crippen LogP contribution in [0.25, 0.3) is 0 Å². The van der Waals surface area contributed by atoms with E-state index >= 15 is 0 Å². The molecule has 0 fully saturated rings. The molecule has 90 valence electrons. The van der Waals surface area contributed by atoms with Crippen LogP contribution in [0.2, 0.25) is 5.02 Å². The molecule has 0 saturated carbocycles. The van der Waals surface area contributed by atoms with E-state index in [1.165, 1.54) is 10.4 Å². The maximum atomic E-state index is 6.30. The van der Waals surface area contributed by atoms with E-state index in [-0.39, 0.29) is 0 Å². The van der Waals surface area contributed by atoms with Crippen LogP contribution in [0.5, 0.6) is 0 Å². The van der Waals surface area contributed by atoms with Crippen LogP contribution in [0.3, 0.4) is 0 Å². The molecule has 16 heavy (non-hydrogen) atoms. The van der Waals surface area contributed by atoms with Gasteiger partial charge in [-0.1, -0.05) is 24.6 Å². The minimum atomic E-state index is 0.399. The molecule has 3 heteroatoms. The second-order valence-electron chi connectivity index (χ2n) is 3.93. The van der Waals surface area contributed by atoms with Crippen molar-refractivity contribution < 1.29 is 0 Å². The first-order valence-corrected chi connectivity index (χ1v) is 7.04. The Morgan fingerprint density at radius 3 is 2.88 bits per heavy atom. The maximum absolute atomic E-state index is 6.30. The lowest BCUT2D eigenvalue weighted by Gasteiger charge is -2.16. The van der Waals surface area contributed by atoms with Gasteiger partial charge in [0.15, 0.2) is 0 Å². The SMILES string of the molecule is C=CCCCC(NCC)c1scc(C)c1Cl. The van der Waals surface area contributed by atoms with E-state index in [9.17, 15) is 0 Å². The van der Waals surface area contributed by atoms with Crippen LogP contribution in [0, 0.1) is 6.92 Å². The van der Waals surface area contributed by atoms with Gasteiger partial charge in [0.05, 0.1) is 5.02 Å². The fourth-order valence-electron chi connectivity index (χ4n) is 1.72. The average Bonchev–Trinajstić information content (AvgIpc) is 2.59. The van der Waals surface area contributed by atoms with Crippen LogP contribution in [-0.4, -0.2) is 6.54 Å². The molecule has 0 aliphatic rings. The second-order valence-corrected chi connectivity index (χ2v) is 5.22. The second kappa shape index (κ2) is 7.10. The first-order chi connectivity index (χ1) is 7.70. The van der Waals surface area contributed by atoms with Crippen molar-refractivity contribution in [3.63, 3.8) is 0 Å². The number of aryl methyl sites for hydroxylation is 1. The minimum Gasteiger partial charge on any atom is -0.309 e. The summed E-state index contributed by atoms with van der Waals surface area (Å²) in [5, 5.41) is 6.58. The molecule has 1 aromatic rings. The molecular weight excluding hydrogens is 238 g/mol. The summed E-state index contributed by atoms with van der Waals surface area (Å²) in [4.78, 5) is 1.28. The van der Waals surface area contributed by atoms with Gasteiger partial charge in [-0.15, -0.1) is 17.9 Å².